The zero-order valence-electron chi connectivity index (χ0n) is 17.5. The number of anilines is 1. The van der Waals surface area contributed by atoms with Gasteiger partial charge in [-0.3, -0.25) is 15.5 Å². The molecule has 0 radical (unpaired) electrons. The lowest BCUT2D eigenvalue weighted by molar-refractivity contribution is -0.114. The number of imide groups is 1. The normalized spacial score (nSPS) is 14.4. The molecule has 2 aromatic rings. The number of carbonyl (C=O) groups is 2. The van der Waals surface area contributed by atoms with E-state index in [2.05, 4.69) is 10.6 Å². The van der Waals surface area contributed by atoms with Crippen LogP contribution in [0.15, 0.2) is 48.0 Å². The van der Waals surface area contributed by atoms with Crippen LogP contribution in [0.2, 0.25) is 15.1 Å². The van der Waals surface area contributed by atoms with Gasteiger partial charge in [0.2, 0.25) is 0 Å². The predicted molar refractivity (Wildman–Crippen MR) is 131 cm³/mol. The molecule has 168 valence electrons. The van der Waals surface area contributed by atoms with Crippen LogP contribution in [0.3, 0.4) is 0 Å². The van der Waals surface area contributed by atoms with E-state index in [1.54, 1.807) is 54.3 Å². The largest absolute Gasteiger partial charge is 0.354 e. The Bertz CT molecular complexity index is 1060. The first-order chi connectivity index (χ1) is 15.3. The third kappa shape index (κ3) is 6.03. The van der Waals surface area contributed by atoms with Crippen LogP contribution in [0, 0.1) is 5.41 Å². The maximum atomic E-state index is 12.7. The van der Waals surface area contributed by atoms with E-state index >= 15 is 0 Å². The first kappa shape index (κ1) is 24.1. The number of hydrogen-bond donors (Lipinski definition) is 3. The minimum Gasteiger partial charge on any atom is -0.354 e. The first-order valence-corrected chi connectivity index (χ1v) is 11.3. The smallest absolute Gasteiger partial charge is 0.324 e. The summed E-state index contributed by atoms with van der Waals surface area (Å²) < 4.78 is 0. The fourth-order valence-electron chi connectivity index (χ4n) is 3.36. The SMILES string of the molecule is C/C(C(=N)C(=O)NC(=O)N1CCCCC1)=C(/Nc1ccc(Cl)cc1Cl)c1ccc(Cl)cc1. The van der Waals surface area contributed by atoms with Crippen molar-refractivity contribution >= 4 is 63.8 Å². The molecule has 1 fully saturated rings. The van der Waals surface area contributed by atoms with Gasteiger partial charge in [-0.1, -0.05) is 46.9 Å². The van der Waals surface area contributed by atoms with E-state index in [-0.39, 0.29) is 5.71 Å². The molecule has 0 atom stereocenters. The van der Waals surface area contributed by atoms with Gasteiger partial charge >= 0.3 is 6.03 Å². The monoisotopic (exact) mass is 492 g/mol. The molecule has 9 heteroatoms. The number of likely N-dealkylation sites (tertiary alicyclic amines) is 1. The second kappa shape index (κ2) is 10.9. The maximum absolute atomic E-state index is 12.7. The van der Waals surface area contributed by atoms with Crippen molar-refractivity contribution in [2.45, 2.75) is 26.2 Å². The van der Waals surface area contributed by atoms with Gasteiger partial charge in [0, 0.05) is 28.7 Å². The van der Waals surface area contributed by atoms with E-state index in [4.69, 9.17) is 40.2 Å². The average molecular weight is 494 g/mol. The van der Waals surface area contributed by atoms with Gasteiger partial charge in [0.1, 0.15) is 5.71 Å². The lowest BCUT2D eigenvalue weighted by Crippen LogP contribution is -2.47. The highest BCUT2D eigenvalue weighted by Gasteiger charge is 2.23. The maximum Gasteiger partial charge on any atom is 0.324 e. The summed E-state index contributed by atoms with van der Waals surface area (Å²) in [5, 5.41) is 15.4. The van der Waals surface area contributed by atoms with E-state index in [1.807, 2.05) is 0 Å². The molecule has 32 heavy (non-hydrogen) atoms. The molecule has 2 aromatic carbocycles. The van der Waals surface area contributed by atoms with Gasteiger partial charge in [-0.2, -0.15) is 0 Å². The molecule has 3 rings (SSSR count). The molecule has 0 aliphatic carbocycles. The first-order valence-electron chi connectivity index (χ1n) is 10.1. The topological polar surface area (TPSA) is 85.3 Å². The fraction of sp³-hybridized carbons (Fsp3) is 0.261. The van der Waals surface area contributed by atoms with Crippen LogP contribution in [0.4, 0.5) is 10.5 Å². The fourth-order valence-corrected chi connectivity index (χ4v) is 3.94. The highest BCUT2D eigenvalue weighted by Crippen LogP contribution is 2.30. The van der Waals surface area contributed by atoms with Crippen LogP contribution in [0.1, 0.15) is 31.7 Å². The Morgan fingerprint density at radius 2 is 1.56 bits per heavy atom. The van der Waals surface area contributed by atoms with Crippen molar-refractivity contribution in [2.75, 3.05) is 18.4 Å². The van der Waals surface area contributed by atoms with Crippen molar-refractivity contribution in [1.82, 2.24) is 10.2 Å². The van der Waals surface area contributed by atoms with Crippen LogP contribution in [-0.4, -0.2) is 35.6 Å². The molecule has 0 bridgehead atoms. The lowest BCUT2D eigenvalue weighted by atomic mass is 10.0. The standard InChI is InChI=1S/C23H23Cl3N4O2/c1-14(20(27)22(31)29-23(32)30-11-3-2-4-12-30)21(15-5-7-16(24)8-6-15)28-19-10-9-17(25)13-18(19)26/h5-10,13,27-28H,2-4,11-12H2,1H3,(H,29,31,32)/b21-14-,27-20?. The molecular weight excluding hydrogens is 471 g/mol. The summed E-state index contributed by atoms with van der Waals surface area (Å²) >= 11 is 18.3. The Kier molecular flexibility index (Phi) is 8.18. The van der Waals surface area contributed by atoms with E-state index < -0.39 is 11.9 Å². The zero-order chi connectivity index (χ0) is 23.3. The van der Waals surface area contributed by atoms with Gasteiger partial charge in [-0.05, 0) is 62.1 Å². The zero-order valence-corrected chi connectivity index (χ0v) is 19.7. The minimum absolute atomic E-state index is 0.335. The van der Waals surface area contributed by atoms with E-state index in [1.165, 1.54) is 0 Å². The molecule has 0 unspecified atom stereocenters. The van der Waals surface area contributed by atoms with Crippen molar-refractivity contribution in [2.24, 2.45) is 0 Å². The molecule has 0 spiro atoms. The second-order valence-corrected chi connectivity index (χ2v) is 8.72. The van der Waals surface area contributed by atoms with Crippen molar-refractivity contribution in [3.05, 3.63) is 68.7 Å². The Balaban J connectivity index is 1.89. The van der Waals surface area contributed by atoms with Gasteiger partial charge < -0.3 is 10.2 Å². The van der Waals surface area contributed by atoms with Crippen molar-refractivity contribution in [3.8, 4) is 0 Å². The highest BCUT2D eigenvalue weighted by molar-refractivity contribution is 6.47. The number of carbonyl (C=O) groups excluding carboxylic acids is 2. The molecule has 3 amide bonds. The van der Waals surface area contributed by atoms with E-state index in [0.29, 0.717) is 50.7 Å². The number of amides is 3. The van der Waals surface area contributed by atoms with Crippen LogP contribution in [0.25, 0.3) is 5.70 Å². The summed E-state index contributed by atoms with van der Waals surface area (Å²) in [6.45, 7) is 2.84. The number of halogens is 3. The van der Waals surface area contributed by atoms with Crippen LogP contribution in [0.5, 0.6) is 0 Å². The molecule has 1 aliphatic heterocycles. The Morgan fingerprint density at radius 3 is 2.19 bits per heavy atom. The van der Waals surface area contributed by atoms with Crippen molar-refractivity contribution in [1.29, 1.82) is 5.41 Å². The van der Waals surface area contributed by atoms with Crippen molar-refractivity contribution < 1.29 is 9.59 Å². The van der Waals surface area contributed by atoms with Gasteiger partial charge in [-0.25, -0.2) is 4.79 Å². The lowest BCUT2D eigenvalue weighted by Gasteiger charge is -2.26. The third-order valence-electron chi connectivity index (χ3n) is 5.16. The van der Waals surface area contributed by atoms with Gasteiger partial charge in [-0.15, -0.1) is 0 Å². The van der Waals surface area contributed by atoms with Gasteiger partial charge in [0.25, 0.3) is 5.91 Å². The summed E-state index contributed by atoms with van der Waals surface area (Å²) in [7, 11) is 0. The van der Waals surface area contributed by atoms with Crippen LogP contribution < -0.4 is 10.6 Å². The minimum atomic E-state index is -0.770. The Hall–Kier alpha value is -2.54. The number of benzene rings is 2. The highest BCUT2D eigenvalue weighted by atomic mass is 35.5. The predicted octanol–water partition coefficient (Wildman–Crippen LogP) is 6.23. The second-order valence-electron chi connectivity index (χ2n) is 7.44. The third-order valence-corrected chi connectivity index (χ3v) is 5.96. The van der Waals surface area contributed by atoms with Gasteiger partial charge in [0.05, 0.1) is 16.4 Å². The van der Waals surface area contributed by atoms with Crippen LogP contribution >= 0.6 is 34.8 Å². The molecule has 1 saturated heterocycles. The molecule has 1 heterocycles. The van der Waals surface area contributed by atoms with Gasteiger partial charge in [0.15, 0.2) is 0 Å². The van der Waals surface area contributed by atoms with Crippen LogP contribution in [-0.2, 0) is 4.79 Å². The number of rotatable bonds is 5. The molecule has 0 saturated carbocycles. The number of hydrogen-bond acceptors (Lipinski definition) is 4. The number of piperidine rings is 1. The molecule has 1 aliphatic rings. The quantitative estimate of drug-likeness (QED) is 0.431. The Morgan fingerprint density at radius 1 is 0.938 bits per heavy atom. The number of nitrogens with zero attached hydrogens (tertiary/aromatic N) is 1. The molecule has 0 aromatic heterocycles. The van der Waals surface area contributed by atoms with Crippen molar-refractivity contribution in [3.63, 3.8) is 0 Å². The summed E-state index contributed by atoms with van der Waals surface area (Å²) in [6, 6.07) is 11.4. The summed E-state index contributed by atoms with van der Waals surface area (Å²) in [4.78, 5) is 26.7. The molecule has 3 N–H and O–H groups in total. The molecular formula is C23H23Cl3N4O2. The summed E-state index contributed by atoms with van der Waals surface area (Å²) in [5.41, 5.74) is 1.73. The van der Waals surface area contributed by atoms with E-state index in [0.717, 1.165) is 19.3 Å². The Labute approximate surface area is 202 Å². The molecule has 6 nitrogen and oxygen atoms in total. The number of urea groups is 1. The summed E-state index contributed by atoms with van der Waals surface area (Å²) in [5.74, 6) is -0.770. The van der Waals surface area contributed by atoms with E-state index in [9.17, 15) is 9.59 Å². The summed E-state index contributed by atoms with van der Waals surface area (Å²) in [6.07, 6.45) is 2.88. The number of nitrogens with one attached hydrogen (secondary N) is 3. The average Bonchev–Trinajstić information content (AvgIpc) is 2.79.